The Hall–Kier alpha value is -3.95. The number of hydrogen-bond donors (Lipinski definition) is 2. The zero-order valence-corrected chi connectivity index (χ0v) is 24.5. The van der Waals surface area contributed by atoms with Crippen LogP contribution in [0.1, 0.15) is 31.2 Å². The van der Waals surface area contributed by atoms with Crippen LogP contribution < -0.4 is 19.4 Å². The number of ether oxygens (including phenoxy) is 2. The quantitative estimate of drug-likeness (QED) is 0.252. The Morgan fingerprint density at radius 1 is 1.12 bits per heavy atom. The number of cyclic esters (lactones) is 1. The molecule has 1 unspecified atom stereocenters. The summed E-state index contributed by atoms with van der Waals surface area (Å²) in [6, 6.07) is 7.72. The number of rotatable bonds is 9. The fourth-order valence-electron chi connectivity index (χ4n) is 6.07. The number of aliphatic hydroxyl groups excluding tert-OH is 1. The number of fused-ring (bicyclic) bond motifs is 1. The van der Waals surface area contributed by atoms with Crippen molar-refractivity contribution >= 4 is 36.8 Å². The minimum atomic E-state index is -2.50. The third kappa shape index (κ3) is 5.71. The van der Waals surface area contributed by atoms with Crippen LogP contribution in [0, 0.1) is 17.0 Å². The molecular weight excluding hydrogens is 579 g/mol. The number of carbonyl (C=O) groups is 1. The van der Waals surface area contributed by atoms with Crippen LogP contribution in [0.2, 0.25) is 0 Å². The maximum absolute atomic E-state index is 15.6. The number of hydrogen-bond acceptors (Lipinski definition) is 7. The van der Waals surface area contributed by atoms with Gasteiger partial charge in [-0.2, -0.15) is 4.89 Å². The van der Waals surface area contributed by atoms with Crippen LogP contribution in [0.25, 0.3) is 5.57 Å². The van der Waals surface area contributed by atoms with Crippen molar-refractivity contribution in [2.24, 2.45) is 5.41 Å². The van der Waals surface area contributed by atoms with Gasteiger partial charge >= 0.3 is 14.1 Å². The molecule has 3 fully saturated rings. The summed E-state index contributed by atoms with van der Waals surface area (Å²) in [4.78, 5) is 27.0. The largest absolute Gasteiger partial charge is 0.508 e. The summed E-state index contributed by atoms with van der Waals surface area (Å²) in [6.45, 7) is 9.08. The van der Waals surface area contributed by atoms with Crippen LogP contribution in [0.3, 0.4) is 0 Å². The Bertz CT molecular complexity index is 1550. The number of benzene rings is 2. The molecule has 2 aromatic carbocycles. The SMILES string of the molecule is C=C(O)C1=CN(C2CC2)c2cc(N3CCC(COc4ccc(N5CCOC5=O)cc4F)(C[P+](=O)O)CC3)c(F)cc2C1=C. The first-order valence-electron chi connectivity index (χ1n) is 14.2. The van der Waals surface area contributed by atoms with Crippen LogP contribution in [-0.2, 0) is 9.30 Å². The van der Waals surface area contributed by atoms with Gasteiger partial charge in [-0.3, -0.25) is 4.90 Å². The molecule has 226 valence electrons. The summed E-state index contributed by atoms with van der Waals surface area (Å²) in [5, 5.41) is 10.1. The van der Waals surface area contributed by atoms with E-state index in [4.69, 9.17) is 9.47 Å². The molecule has 0 bridgehead atoms. The molecule has 2 aromatic rings. The fourth-order valence-corrected chi connectivity index (χ4v) is 7.06. The number of anilines is 3. The summed E-state index contributed by atoms with van der Waals surface area (Å²) in [5.74, 6) is -1.22. The summed E-state index contributed by atoms with van der Waals surface area (Å²) < 4.78 is 53.3. The van der Waals surface area contributed by atoms with Gasteiger partial charge in [-0.1, -0.05) is 13.2 Å². The molecule has 1 saturated carbocycles. The second-order valence-electron chi connectivity index (χ2n) is 11.6. The lowest BCUT2D eigenvalue weighted by Gasteiger charge is -2.40. The van der Waals surface area contributed by atoms with Gasteiger partial charge in [0.25, 0.3) is 0 Å². The van der Waals surface area contributed by atoms with Crippen molar-refractivity contribution in [3.8, 4) is 5.75 Å². The molecule has 3 heterocycles. The van der Waals surface area contributed by atoms with Crippen LogP contribution in [0.15, 0.2) is 61.0 Å². The van der Waals surface area contributed by atoms with Gasteiger partial charge in [0, 0.05) is 42.5 Å². The van der Waals surface area contributed by atoms with E-state index in [1.807, 2.05) is 17.2 Å². The normalized spacial score (nSPS) is 20.0. The first-order valence-corrected chi connectivity index (χ1v) is 15.6. The van der Waals surface area contributed by atoms with Gasteiger partial charge in [0.15, 0.2) is 17.7 Å². The summed E-state index contributed by atoms with van der Waals surface area (Å²) in [6.07, 6.45) is 4.08. The number of halogens is 2. The molecular formula is C31H33F2N3O6P+. The van der Waals surface area contributed by atoms with Crippen molar-refractivity contribution < 1.29 is 37.6 Å². The van der Waals surface area contributed by atoms with E-state index in [1.54, 1.807) is 6.07 Å². The van der Waals surface area contributed by atoms with E-state index < -0.39 is 31.2 Å². The first kappa shape index (κ1) is 29.1. The molecule has 1 aliphatic carbocycles. The standard InChI is InChI=1S/C31H32F2N3O6P/c1-19-23-14-25(32)28(15-27(23)36(21-3-4-21)16-24(19)20(2)37)34-9-7-31(8-10-34,18-43(39)40)17-42-29-6-5-22(13-26(29)33)35-11-12-41-30(35)38/h5-6,13-16,21H,1-4,7-12,17-18H2,(H-,37,39,40)/p+1. The van der Waals surface area contributed by atoms with Gasteiger partial charge in [0.05, 0.1) is 35.6 Å². The van der Waals surface area contributed by atoms with Gasteiger partial charge in [0.2, 0.25) is 0 Å². The zero-order chi connectivity index (χ0) is 30.5. The maximum Gasteiger partial charge on any atom is 0.506 e. The van der Waals surface area contributed by atoms with Gasteiger partial charge in [-0.15, -0.1) is 0 Å². The Kier molecular flexibility index (Phi) is 7.64. The second kappa shape index (κ2) is 11.3. The Labute approximate surface area is 249 Å². The van der Waals surface area contributed by atoms with E-state index in [0.717, 1.165) is 18.5 Å². The van der Waals surface area contributed by atoms with Crippen LogP contribution >= 0.6 is 8.03 Å². The van der Waals surface area contributed by atoms with Crippen LogP contribution in [-0.4, -0.2) is 61.1 Å². The maximum atomic E-state index is 15.6. The highest BCUT2D eigenvalue weighted by atomic mass is 31.1. The third-order valence-corrected chi connectivity index (χ3v) is 9.61. The Balaban J connectivity index is 1.18. The topological polar surface area (TPSA) is 103 Å². The Morgan fingerprint density at radius 3 is 2.47 bits per heavy atom. The monoisotopic (exact) mass is 612 g/mol. The molecule has 2 N–H and O–H groups in total. The predicted molar refractivity (Wildman–Crippen MR) is 160 cm³/mol. The van der Waals surface area contributed by atoms with E-state index in [0.29, 0.717) is 60.6 Å². The van der Waals surface area contributed by atoms with E-state index in [2.05, 4.69) is 18.1 Å². The molecule has 2 saturated heterocycles. The number of nitrogens with zero attached hydrogens (tertiary/aromatic N) is 3. The molecule has 1 atom stereocenters. The van der Waals surface area contributed by atoms with Gasteiger partial charge in [0.1, 0.15) is 18.2 Å². The minimum absolute atomic E-state index is 0.00503. The summed E-state index contributed by atoms with van der Waals surface area (Å²) in [7, 11) is -2.50. The predicted octanol–water partition coefficient (Wildman–Crippen LogP) is 6.27. The summed E-state index contributed by atoms with van der Waals surface area (Å²) >= 11 is 0. The number of piperidine rings is 1. The highest BCUT2D eigenvalue weighted by Gasteiger charge is 2.43. The second-order valence-corrected chi connectivity index (χ2v) is 12.6. The molecule has 43 heavy (non-hydrogen) atoms. The molecule has 6 rings (SSSR count). The average molecular weight is 613 g/mol. The number of amides is 1. The van der Waals surface area contributed by atoms with Crippen molar-refractivity contribution in [1.82, 2.24) is 0 Å². The highest BCUT2D eigenvalue weighted by Crippen LogP contribution is 2.47. The van der Waals surface area contributed by atoms with E-state index >= 15 is 4.39 Å². The van der Waals surface area contributed by atoms with E-state index in [1.165, 1.54) is 23.1 Å². The van der Waals surface area contributed by atoms with Crippen molar-refractivity contribution in [1.29, 1.82) is 0 Å². The number of aliphatic hydroxyl groups is 1. The van der Waals surface area contributed by atoms with E-state index in [-0.39, 0.29) is 36.9 Å². The van der Waals surface area contributed by atoms with Crippen molar-refractivity contribution in [3.05, 3.63) is 78.2 Å². The molecule has 0 aromatic heterocycles. The minimum Gasteiger partial charge on any atom is -0.508 e. The molecule has 0 spiro atoms. The van der Waals surface area contributed by atoms with Gasteiger partial charge in [-0.05, 0) is 60.1 Å². The molecule has 4 aliphatic rings. The molecule has 1 amide bonds. The van der Waals surface area contributed by atoms with Crippen molar-refractivity contribution in [3.63, 3.8) is 0 Å². The third-order valence-electron chi connectivity index (χ3n) is 8.67. The number of allylic oxidation sites excluding steroid dienone is 1. The van der Waals surface area contributed by atoms with E-state index in [9.17, 15) is 23.7 Å². The average Bonchev–Trinajstić information content (AvgIpc) is 3.72. The molecule has 9 nitrogen and oxygen atoms in total. The lowest BCUT2D eigenvalue weighted by molar-refractivity contribution is 0.129. The lowest BCUT2D eigenvalue weighted by Crippen LogP contribution is -2.45. The fraction of sp³-hybridized carbons (Fsp3) is 0.387. The Morgan fingerprint density at radius 2 is 1.86 bits per heavy atom. The number of carbonyl (C=O) groups excluding carboxylic acids is 1. The molecule has 0 radical (unpaired) electrons. The van der Waals surface area contributed by atoms with Crippen LogP contribution in [0.5, 0.6) is 5.75 Å². The van der Waals surface area contributed by atoms with Crippen LogP contribution in [0.4, 0.5) is 30.6 Å². The molecule has 12 heteroatoms. The lowest BCUT2D eigenvalue weighted by atomic mass is 9.80. The first-order chi connectivity index (χ1) is 20.5. The highest BCUT2D eigenvalue weighted by molar-refractivity contribution is 7.38. The van der Waals surface area contributed by atoms with Gasteiger partial charge < -0.3 is 24.4 Å². The smallest absolute Gasteiger partial charge is 0.506 e. The summed E-state index contributed by atoms with van der Waals surface area (Å²) in [5.41, 5.74) is 2.46. The van der Waals surface area contributed by atoms with Gasteiger partial charge in [-0.25, -0.2) is 13.6 Å². The zero-order valence-electron chi connectivity index (χ0n) is 23.6. The molecule has 3 aliphatic heterocycles. The van der Waals surface area contributed by atoms with Crippen molar-refractivity contribution in [2.75, 3.05) is 53.7 Å². The van der Waals surface area contributed by atoms with Crippen molar-refractivity contribution in [2.45, 2.75) is 31.7 Å².